The lowest BCUT2D eigenvalue weighted by Gasteiger charge is -2.32. The second-order valence-electron chi connectivity index (χ2n) is 5.10. The first-order valence-electron chi connectivity index (χ1n) is 6.98. The Hall–Kier alpha value is -1.55. The highest BCUT2D eigenvalue weighted by Gasteiger charge is 2.35. The highest BCUT2D eigenvalue weighted by molar-refractivity contribution is 5.99. The maximum absolute atomic E-state index is 12.4. The standard InChI is InChI=1S/C15H22N2O2/c1-2-19-13-9-5-4-8-12(13)17-14(18)15(16)10-6-3-7-11-15/h4-5,8-9H,2-3,6-7,10-11,16H2,1H3,(H,17,18). The van der Waals surface area contributed by atoms with E-state index in [-0.39, 0.29) is 5.91 Å². The molecule has 1 amide bonds. The zero-order valence-corrected chi connectivity index (χ0v) is 11.4. The number of para-hydroxylation sites is 2. The van der Waals surface area contributed by atoms with Gasteiger partial charge in [-0.25, -0.2) is 0 Å². The van der Waals surface area contributed by atoms with Crippen LogP contribution < -0.4 is 15.8 Å². The Labute approximate surface area is 114 Å². The van der Waals surface area contributed by atoms with Crippen molar-refractivity contribution in [2.45, 2.75) is 44.6 Å². The van der Waals surface area contributed by atoms with Gasteiger partial charge in [0.25, 0.3) is 0 Å². The monoisotopic (exact) mass is 262 g/mol. The Bertz CT molecular complexity index is 440. The van der Waals surface area contributed by atoms with Crippen molar-refractivity contribution in [3.63, 3.8) is 0 Å². The van der Waals surface area contributed by atoms with Crippen molar-refractivity contribution in [1.29, 1.82) is 0 Å². The van der Waals surface area contributed by atoms with Crippen molar-refractivity contribution < 1.29 is 9.53 Å². The Morgan fingerprint density at radius 3 is 2.68 bits per heavy atom. The van der Waals surface area contributed by atoms with E-state index in [1.807, 2.05) is 31.2 Å². The molecule has 1 saturated carbocycles. The predicted molar refractivity (Wildman–Crippen MR) is 76.2 cm³/mol. The summed E-state index contributed by atoms with van der Waals surface area (Å²) < 4.78 is 5.50. The van der Waals surface area contributed by atoms with Crippen LogP contribution in [0.2, 0.25) is 0 Å². The molecule has 3 N–H and O–H groups in total. The predicted octanol–water partition coefficient (Wildman–Crippen LogP) is 2.69. The third-order valence-electron chi connectivity index (χ3n) is 3.63. The first kappa shape index (κ1) is 13.9. The molecule has 0 spiro atoms. The summed E-state index contributed by atoms with van der Waals surface area (Å²) in [4.78, 5) is 12.4. The molecule has 0 unspecified atom stereocenters. The average molecular weight is 262 g/mol. The molecule has 1 aromatic carbocycles. The fourth-order valence-corrected chi connectivity index (χ4v) is 2.51. The molecule has 1 aliphatic rings. The molecule has 4 nitrogen and oxygen atoms in total. The number of anilines is 1. The van der Waals surface area contributed by atoms with Gasteiger partial charge in [0.2, 0.25) is 5.91 Å². The van der Waals surface area contributed by atoms with E-state index in [1.54, 1.807) is 0 Å². The number of hydrogen-bond donors (Lipinski definition) is 2. The van der Waals surface area contributed by atoms with E-state index in [1.165, 1.54) is 6.42 Å². The lowest BCUT2D eigenvalue weighted by atomic mass is 9.82. The normalized spacial score (nSPS) is 17.8. The summed E-state index contributed by atoms with van der Waals surface area (Å²) >= 11 is 0. The van der Waals surface area contributed by atoms with Crippen molar-refractivity contribution in [3.8, 4) is 5.75 Å². The third kappa shape index (κ3) is 3.26. The number of carbonyl (C=O) groups excluding carboxylic acids is 1. The number of nitrogens with two attached hydrogens (primary N) is 1. The zero-order chi connectivity index (χ0) is 13.7. The molecule has 1 aromatic rings. The van der Waals surface area contributed by atoms with Gasteiger partial charge in [-0.3, -0.25) is 4.79 Å². The minimum Gasteiger partial charge on any atom is -0.492 e. The van der Waals surface area contributed by atoms with Crippen LogP contribution in [0.15, 0.2) is 24.3 Å². The van der Waals surface area contributed by atoms with Gasteiger partial charge in [0, 0.05) is 0 Å². The molecule has 0 aliphatic heterocycles. The third-order valence-corrected chi connectivity index (χ3v) is 3.63. The second kappa shape index (κ2) is 6.06. The molecule has 0 radical (unpaired) electrons. The van der Waals surface area contributed by atoms with Gasteiger partial charge in [-0.05, 0) is 31.9 Å². The molecule has 0 saturated heterocycles. The fourth-order valence-electron chi connectivity index (χ4n) is 2.51. The second-order valence-corrected chi connectivity index (χ2v) is 5.10. The summed E-state index contributed by atoms with van der Waals surface area (Å²) in [5, 5.41) is 2.92. The van der Waals surface area contributed by atoms with E-state index in [9.17, 15) is 4.79 Å². The molecule has 19 heavy (non-hydrogen) atoms. The van der Waals surface area contributed by atoms with E-state index in [0.717, 1.165) is 25.7 Å². The van der Waals surface area contributed by atoms with Crippen molar-refractivity contribution in [2.75, 3.05) is 11.9 Å². The zero-order valence-electron chi connectivity index (χ0n) is 11.4. The van der Waals surface area contributed by atoms with E-state index >= 15 is 0 Å². The summed E-state index contributed by atoms with van der Waals surface area (Å²) in [6.45, 7) is 2.49. The van der Waals surface area contributed by atoms with Gasteiger partial charge in [-0.15, -0.1) is 0 Å². The maximum Gasteiger partial charge on any atom is 0.244 e. The first-order valence-corrected chi connectivity index (χ1v) is 6.98. The van der Waals surface area contributed by atoms with E-state index < -0.39 is 5.54 Å². The fraction of sp³-hybridized carbons (Fsp3) is 0.533. The highest BCUT2D eigenvalue weighted by Crippen LogP contribution is 2.29. The van der Waals surface area contributed by atoms with Crippen LogP contribution in [0, 0.1) is 0 Å². The molecule has 1 fully saturated rings. The van der Waals surface area contributed by atoms with Gasteiger partial charge in [-0.2, -0.15) is 0 Å². The maximum atomic E-state index is 12.4. The number of ether oxygens (including phenoxy) is 1. The van der Waals surface area contributed by atoms with Crippen molar-refractivity contribution in [3.05, 3.63) is 24.3 Å². The van der Waals surface area contributed by atoms with Crippen LogP contribution in [0.1, 0.15) is 39.0 Å². The van der Waals surface area contributed by atoms with Crippen LogP contribution in [-0.2, 0) is 4.79 Å². The van der Waals surface area contributed by atoms with Crippen molar-refractivity contribution in [2.24, 2.45) is 5.73 Å². The van der Waals surface area contributed by atoms with E-state index in [0.29, 0.717) is 18.0 Å². The Kier molecular flexibility index (Phi) is 4.43. The smallest absolute Gasteiger partial charge is 0.244 e. The van der Waals surface area contributed by atoms with Crippen LogP contribution in [0.3, 0.4) is 0 Å². The van der Waals surface area contributed by atoms with Gasteiger partial charge in [0.1, 0.15) is 5.75 Å². The van der Waals surface area contributed by atoms with E-state index in [2.05, 4.69) is 5.32 Å². The molecule has 0 bridgehead atoms. The average Bonchev–Trinajstić information content (AvgIpc) is 2.42. The molecular formula is C15H22N2O2. The summed E-state index contributed by atoms with van der Waals surface area (Å²) in [6.07, 6.45) is 4.74. The number of nitrogens with one attached hydrogen (secondary N) is 1. The van der Waals surface area contributed by atoms with Gasteiger partial charge >= 0.3 is 0 Å². The molecule has 0 aromatic heterocycles. The van der Waals surface area contributed by atoms with Crippen LogP contribution in [0.5, 0.6) is 5.75 Å². The number of hydrogen-bond acceptors (Lipinski definition) is 3. The first-order chi connectivity index (χ1) is 9.15. The molecule has 104 valence electrons. The lowest BCUT2D eigenvalue weighted by molar-refractivity contribution is -0.122. The molecule has 2 rings (SSSR count). The van der Waals surface area contributed by atoms with Gasteiger partial charge in [0.05, 0.1) is 17.8 Å². The van der Waals surface area contributed by atoms with Crippen LogP contribution in [-0.4, -0.2) is 18.1 Å². The summed E-state index contributed by atoms with van der Waals surface area (Å²) in [6, 6.07) is 7.46. The molecular weight excluding hydrogens is 240 g/mol. The largest absolute Gasteiger partial charge is 0.492 e. The highest BCUT2D eigenvalue weighted by atomic mass is 16.5. The topological polar surface area (TPSA) is 64.3 Å². The Morgan fingerprint density at radius 2 is 2.00 bits per heavy atom. The molecule has 1 aliphatic carbocycles. The Balaban J connectivity index is 2.10. The SMILES string of the molecule is CCOc1ccccc1NC(=O)C1(N)CCCCC1. The van der Waals surface area contributed by atoms with Crippen LogP contribution in [0.4, 0.5) is 5.69 Å². The minimum absolute atomic E-state index is 0.0978. The summed E-state index contributed by atoms with van der Waals surface area (Å²) in [5.41, 5.74) is 6.20. The number of amides is 1. The summed E-state index contributed by atoms with van der Waals surface area (Å²) in [7, 11) is 0. The number of rotatable bonds is 4. The number of benzene rings is 1. The van der Waals surface area contributed by atoms with Gasteiger partial charge in [0.15, 0.2) is 0 Å². The Morgan fingerprint density at radius 1 is 1.32 bits per heavy atom. The van der Waals surface area contributed by atoms with Gasteiger partial charge in [-0.1, -0.05) is 31.4 Å². The van der Waals surface area contributed by atoms with Crippen LogP contribution in [0.25, 0.3) is 0 Å². The number of carbonyl (C=O) groups is 1. The van der Waals surface area contributed by atoms with E-state index in [4.69, 9.17) is 10.5 Å². The molecule has 4 heteroatoms. The van der Waals surface area contributed by atoms with Crippen molar-refractivity contribution in [1.82, 2.24) is 0 Å². The van der Waals surface area contributed by atoms with Crippen molar-refractivity contribution >= 4 is 11.6 Å². The molecule has 0 heterocycles. The summed E-state index contributed by atoms with van der Waals surface area (Å²) in [5.74, 6) is 0.595. The molecule has 0 atom stereocenters. The van der Waals surface area contributed by atoms with Gasteiger partial charge < -0.3 is 15.8 Å². The minimum atomic E-state index is -0.725. The quantitative estimate of drug-likeness (QED) is 0.876. The lowest BCUT2D eigenvalue weighted by Crippen LogP contribution is -2.52. The van der Waals surface area contributed by atoms with Crippen LogP contribution >= 0.6 is 0 Å².